The second-order valence-electron chi connectivity index (χ2n) is 5.68. The molecular formula is C16H22N2O7S. The molecule has 1 heterocycles. The summed E-state index contributed by atoms with van der Waals surface area (Å²) >= 11 is 0. The third-order valence-corrected chi connectivity index (χ3v) is 5.09. The number of benzene rings is 1. The van der Waals surface area contributed by atoms with Crippen molar-refractivity contribution in [3.63, 3.8) is 0 Å². The summed E-state index contributed by atoms with van der Waals surface area (Å²) in [6.45, 7) is 0.664. The first-order chi connectivity index (χ1) is 12.4. The molecule has 1 aromatic carbocycles. The van der Waals surface area contributed by atoms with Gasteiger partial charge in [0.1, 0.15) is 19.8 Å². The van der Waals surface area contributed by atoms with Crippen molar-refractivity contribution in [1.29, 1.82) is 0 Å². The molecule has 0 saturated carbocycles. The number of hydrogen-bond donors (Lipinski definition) is 3. The predicted octanol–water partition coefficient (Wildman–Crippen LogP) is 0.497. The number of rotatable bonds is 10. The summed E-state index contributed by atoms with van der Waals surface area (Å²) in [4.78, 5) is 21.8. The third kappa shape index (κ3) is 6.19. The topological polar surface area (TPSA) is 131 Å². The number of nitrogens with one attached hydrogen (secondary N) is 2. The van der Waals surface area contributed by atoms with Gasteiger partial charge >= 0.3 is 5.97 Å². The second-order valence-corrected chi connectivity index (χ2v) is 7.45. The Kier molecular flexibility index (Phi) is 7.22. The number of amides is 1. The molecule has 2 rings (SSSR count). The number of aliphatic carboxylic acids is 1. The summed E-state index contributed by atoms with van der Waals surface area (Å²) in [6.07, 6.45) is 1.97. The van der Waals surface area contributed by atoms with Crippen LogP contribution in [0, 0.1) is 0 Å². The van der Waals surface area contributed by atoms with Gasteiger partial charge in [-0.25, -0.2) is 13.1 Å². The second kappa shape index (κ2) is 9.39. The normalized spacial score (nSPS) is 13.2. The van der Waals surface area contributed by atoms with E-state index in [9.17, 15) is 18.0 Å². The molecule has 1 aliphatic heterocycles. The molecule has 0 spiro atoms. The van der Waals surface area contributed by atoms with Gasteiger partial charge in [0.05, 0.1) is 4.90 Å². The Morgan fingerprint density at radius 2 is 1.81 bits per heavy atom. The number of carbonyl (C=O) groups is 2. The lowest BCUT2D eigenvalue weighted by molar-refractivity contribution is -0.137. The molecule has 0 fully saturated rings. The SMILES string of the molecule is O=C(O)CNC(=O)CCCCCNS(=O)(=O)c1ccc2c(c1)OCCO2. The van der Waals surface area contributed by atoms with E-state index in [1.54, 1.807) is 6.07 Å². The van der Waals surface area contributed by atoms with Crippen LogP contribution in [0.2, 0.25) is 0 Å². The Balaban J connectivity index is 1.70. The molecule has 1 aliphatic rings. The van der Waals surface area contributed by atoms with Crippen LogP contribution in [-0.4, -0.2) is 51.7 Å². The lowest BCUT2D eigenvalue weighted by Gasteiger charge is -2.18. The van der Waals surface area contributed by atoms with Crippen LogP contribution in [0.4, 0.5) is 0 Å². The van der Waals surface area contributed by atoms with E-state index in [-0.39, 0.29) is 23.8 Å². The molecule has 1 amide bonds. The molecule has 3 N–H and O–H groups in total. The van der Waals surface area contributed by atoms with Crippen molar-refractivity contribution >= 4 is 21.9 Å². The minimum atomic E-state index is -3.65. The predicted molar refractivity (Wildman–Crippen MR) is 91.7 cm³/mol. The van der Waals surface area contributed by atoms with Crippen LogP contribution in [0.25, 0.3) is 0 Å². The molecular weight excluding hydrogens is 364 g/mol. The quantitative estimate of drug-likeness (QED) is 0.499. The maximum absolute atomic E-state index is 12.3. The first kappa shape index (κ1) is 20.0. The van der Waals surface area contributed by atoms with Gasteiger partial charge < -0.3 is 19.9 Å². The number of unbranched alkanes of at least 4 members (excludes halogenated alkanes) is 2. The summed E-state index contributed by atoms with van der Waals surface area (Å²) in [6, 6.07) is 4.46. The van der Waals surface area contributed by atoms with Gasteiger partial charge in [0, 0.05) is 19.0 Å². The number of fused-ring (bicyclic) bond motifs is 1. The van der Waals surface area contributed by atoms with Crippen LogP contribution >= 0.6 is 0 Å². The molecule has 0 atom stereocenters. The fraction of sp³-hybridized carbons (Fsp3) is 0.500. The van der Waals surface area contributed by atoms with Crippen molar-refractivity contribution in [2.45, 2.75) is 30.6 Å². The Labute approximate surface area is 151 Å². The van der Waals surface area contributed by atoms with E-state index in [1.165, 1.54) is 12.1 Å². The first-order valence-corrected chi connectivity index (χ1v) is 9.74. The van der Waals surface area contributed by atoms with Gasteiger partial charge in [-0.15, -0.1) is 0 Å². The molecule has 0 unspecified atom stereocenters. The van der Waals surface area contributed by atoms with Crippen molar-refractivity contribution in [2.24, 2.45) is 0 Å². The smallest absolute Gasteiger partial charge is 0.322 e. The van der Waals surface area contributed by atoms with E-state index >= 15 is 0 Å². The van der Waals surface area contributed by atoms with Gasteiger partial charge in [-0.2, -0.15) is 0 Å². The molecule has 144 valence electrons. The lowest BCUT2D eigenvalue weighted by Crippen LogP contribution is -2.29. The van der Waals surface area contributed by atoms with Crippen LogP contribution in [0.3, 0.4) is 0 Å². The van der Waals surface area contributed by atoms with E-state index in [0.717, 1.165) is 0 Å². The van der Waals surface area contributed by atoms with E-state index in [4.69, 9.17) is 14.6 Å². The van der Waals surface area contributed by atoms with E-state index in [0.29, 0.717) is 44.0 Å². The van der Waals surface area contributed by atoms with Gasteiger partial charge in [0.15, 0.2) is 11.5 Å². The summed E-state index contributed by atoms with van der Waals surface area (Å²) in [5.74, 6) is -0.487. The van der Waals surface area contributed by atoms with Crippen molar-refractivity contribution in [3.8, 4) is 11.5 Å². The number of hydrogen-bond acceptors (Lipinski definition) is 6. The summed E-state index contributed by atoms with van der Waals surface area (Å²) in [7, 11) is -3.65. The standard InChI is InChI=1S/C16H22N2O7S/c19-15(17-11-16(20)21)4-2-1-3-7-18-26(22,23)12-5-6-13-14(10-12)25-9-8-24-13/h5-6,10,18H,1-4,7-9,11H2,(H,17,19)(H,20,21). The maximum atomic E-state index is 12.3. The highest BCUT2D eigenvalue weighted by Gasteiger charge is 2.18. The zero-order chi connectivity index (χ0) is 19.0. The van der Waals surface area contributed by atoms with E-state index < -0.39 is 22.5 Å². The van der Waals surface area contributed by atoms with E-state index in [2.05, 4.69) is 10.0 Å². The maximum Gasteiger partial charge on any atom is 0.322 e. The number of carboxylic acid groups (broad SMARTS) is 1. The molecule has 1 aromatic rings. The highest BCUT2D eigenvalue weighted by molar-refractivity contribution is 7.89. The summed E-state index contributed by atoms with van der Waals surface area (Å²) in [5.41, 5.74) is 0. The Hall–Kier alpha value is -2.33. The van der Waals surface area contributed by atoms with Crippen LogP contribution in [-0.2, 0) is 19.6 Å². The monoisotopic (exact) mass is 386 g/mol. The van der Waals surface area contributed by atoms with Crippen LogP contribution < -0.4 is 19.5 Å². The third-order valence-electron chi connectivity index (χ3n) is 3.63. The number of carboxylic acids is 1. The zero-order valence-corrected chi connectivity index (χ0v) is 15.0. The molecule has 0 aromatic heterocycles. The van der Waals surface area contributed by atoms with Gasteiger partial charge in [0.2, 0.25) is 15.9 Å². The van der Waals surface area contributed by atoms with Crippen molar-refractivity contribution in [3.05, 3.63) is 18.2 Å². The minimum Gasteiger partial charge on any atom is -0.486 e. The Morgan fingerprint density at radius 3 is 2.54 bits per heavy atom. The molecule has 10 heteroatoms. The van der Waals surface area contributed by atoms with Crippen LogP contribution in [0.1, 0.15) is 25.7 Å². The minimum absolute atomic E-state index is 0.106. The molecule has 0 bridgehead atoms. The van der Waals surface area contributed by atoms with Gasteiger partial charge in [-0.3, -0.25) is 9.59 Å². The largest absolute Gasteiger partial charge is 0.486 e. The average molecular weight is 386 g/mol. The molecule has 0 aliphatic carbocycles. The van der Waals surface area contributed by atoms with Crippen molar-refractivity contribution in [2.75, 3.05) is 26.3 Å². The van der Waals surface area contributed by atoms with Crippen molar-refractivity contribution in [1.82, 2.24) is 10.0 Å². The fourth-order valence-corrected chi connectivity index (χ4v) is 3.42. The molecule has 26 heavy (non-hydrogen) atoms. The van der Waals surface area contributed by atoms with E-state index in [1.807, 2.05) is 0 Å². The molecule has 0 radical (unpaired) electrons. The number of carbonyl (C=O) groups excluding carboxylic acids is 1. The summed E-state index contributed by atoms with van der Waals surface area (Å²) < 4.78 is 37.8. The van der Waals surface area contributed by atoms with Gasteiger partial charge in [-0.05, 0) is 25.0 Å². The Morgan fingerprint density at radius 1 is 1.08 bits per heavy atom. The van der Waals surface area contributed by atoms with Gasteiger partial charge in [-0.1, -0.05) is 6.42 Å². The fourth-order valence-electron chi connectivity index (χ4n) is 2.33. The van der Waals surface area contributed by atoms with Crippen LogP contribution in [0.5, 0.6) is 11.5 Å². The van der Waals surface area contributed by atoms with Gasteiger partial charge in [0.25, 0.3) is 0 Å². The first-order valence-electron chi connectivity index (χ1n) is 8.26. The number of ether oxygens (including phenoxy) is 2. The molecule has 0 saturated heterocycles. The molecule has 9 nitrogen and oxygen atoms in total. The highest BCUT2D eigenvalue weighted by atomic mass is 32.2. The lowest BCUT2D eigenvalue weighted by atomic mass is 10.2. The Bertz CT molecular complexity index is 749. The average Bonchev–Trinajstić information content (AvgIpc) is 2.62. The summed E-state index contributed by atoms with van der Waals surface area (Å²) in [5, 5.41) is 10.7. The number of sulfonamides is 1. The highest BCUT2D eigenvalue weighted by Crippen LogP contribution is 2.32. The zero-order valence-electron chi connectivity index (χ0n) is 14.2. The van der Waals surface area contributed by atoms with Crippen molar-refractivity contribution < 1.29 is 32.6 Å². The van der Waals surface area contributed by atoms with Crippen LogP contribution in [0.15, 0.2) is 23.1 Å².